The van der Waals surface area contributed by atoms with Gasteiger partial charge < -0.3 is 10.1 Å². The van der Waals surface area contributed by atoms with Crippen molar-refractivity contribution < 1.29 is 19.2 Å². The predicted molar refractivity (Wildman–Crippen MR) is 73.6 cm³/mol. The second kappa shape index (κ2) is 8.16. The summed E-state index contributed by atoms with van der Waals surface area (Å²) < 4.78 is 5.06. The lowest BCUT2D eigenvalue weighted by atomic mass is 10.2. The average molecular weight is 280 g/mol. The van der Waals surface area contributed by atoms with Crippen LogP contribution in [0.1, 0.15) is 18.9 Å². The summed E-state index contributed by atoms with van der Waals surface area (Å²) in [5.74, 6) is -0.219. The van der Waals surface area contributed by atoms with E-state index in [1.165, 1.54) is 14.2 Å². The normalized spacial score (nSPS) is 11.6. The zero-order valence-corrected chi connectivity index (χ0v) is 12.0. The lowest BCUT2D eigenvalue weighted by molar-refractivity contribution is -0.169. The van der Waals surface area contributed by atoms with E-state index in [1.807, 2.05) is 30.3 Å². The highest BCUT2D eigenvalue weighted by molar-refractivity contribution is 5.76. The van der Waals surface area contributed by atoms with Gasteiger partial charge in [0.1, 0.15) is 6.61 Å². The van der Waals surface area contributed by atoms with Gasteiger partial charge in [-0.05, 0) is 12.5 Å². The van der Waals surface area contributed by atoms with Crippen molar-refractivity contribution in [3.63, 3.8) is 0 Å². The molecule has 2 amide bonds. The molecule has 0 aliphatic heterocycles. The van der Waals surface area contributed by atoms with Crippen molar-refractivity contribution in [3.05, 3.63) is 35.9 Å². The van der Waals surface area contributed by atoms with Crippen molar-refractivity contribution in [1.29, 1.82) is 0 Å². The predicted octanol–water partition coefficient (Wildman–Crippen LogP) is 1.71. The first-order valence-electron chi connectivity index (χ1n) is 6.30. The molecule has 0 unspecified atom stereocenters. The fraction of sp³-hybridized carbons (Fsp3) is 0.429. The summed E-state index contributed by atoms with van der Waals surface area (Å²) in [7, 11) is 2.92. The van der Waals surface area contributed by atoms with Gasteiger partial charge in [0.2, 0.25) is 5.91 Å². The summed E-state index contributed by atoms with van der Waals surface area (Å²) in [6.07, 6.45) is -0.403. The number of rotatable bonds is 6. The largest absolute Gasteiger partial charge is 0.445 e. The van der Waals surface area contributed by atoms with E-state index in [-0.39, 0.29) is 25.0 Å². The number of nitrogens with one attached hydrogen (secondary N) is 1. The molecule has 0 saturated carbocycles. The number of hydrogen-bond donors (Lipinski definition) is 1. The van der Waals surface area contributed by atoms with Gasteiger partial charge in [-0.1, -0.05) is 30.3 Å². The molecule has 1 aromatic rings. The van der Waals surface area contributed by atoms with Crippen molar-refractivity contribution >= 4 is 12.0 Å². The van der Waals surface area contributed by atoms with Crippen LogP contribution in [0.25, 0.3) is 0 Å². The number of ether oxygens (including phenoxy) is 1. The van der Waals surface area contributed by atoms with Crippen molar-refractivity contribution in [2.45, 2.75) is 26.0 Å². The van der Waals surface area contributed by atoms with E-state index in [0.29, 0.717) is 0 Å². The minimum absolute atomic E-state index is 0.144. The van der Waals surface area contributed by atoms with E-state index >= 15 is 0 Å². The number of benzene rings is 1. The molecule has 0 aliphatic rings. The smallest absolute Gasteiger partial charge is 0.407 e. The molecule has 0 radical (unpaired) electrons. The quantitative estimate of drug-likeness (QED) is 0.805. The number of alkyl carbamates (subject to hydrolysis) is 1. The van der Waals surface area contributed by atoms with E-state index in [0.717, 1.165) is 10.6 Å². The van der Waals surface area contributed by atoms with Gasteiger partial charge in [0.25, 0.3) is 0 Å². The molecule has 0 aliphatic carbocycles. The van der Waals surface area contributed by atoms with Gasteiger partial charge in [-0.3, -0.25) is 9.63 Å². The van der Waals surface area contributed by atoms with Crippen LogP contribution in [0.4, 0.5) is 4.79 Å². The highest BCUT2D eigenvalue weighted by Gasteiger charge is 2.15. The van der Waals surface area contributed by atoms with Crippen molar-refractivity contribution in [2.75, 3.05) is 14.2 Å². The fourth-order valence-electron chi connectivity index (χ4n) is 1.51. The van der Waals surface area contributed by atoms with Gasteiger partial charge in [0.15, 0.2) is 0 Å². The second-order valence-corrected chi connectivity index (χ2v) is 4.39. The molecule has 20 heavy (non-hydrogen) atoms. The Morgan fingerprint density at radius 1 is 1.30 bits per heavy atom. The molecule has 0 heterocycles. The maximum Gasteiger partial charge on any atom is 0.407 e. The molecular weight excluding hydrogens is 260 g/mol. The lowest BCUT2D eigenvalue weighted by Gasteiger charge is -2.17. The Morgan fingerprint density at radius 3 is 2.55 bits per heavy atom. The molecule has 0 spiro atoms. The summed E-state index contributed by atoms with van der Waals surface area (Å²) in [4.78, 5) is 27.9. The molecule has 6 heteroatoms. The Labute approximate surface area is 118 Å². The van der Waals surface area contributed by atoms with Crippen LogP contribution in [0, 0.1) is 0 Å². The maximum atomic E-state index is 11.6. The van der Waals surface area contributed by atoms with E-state index < -0.39 is 6.09 Å². The summed E-state index contributed by atoms with van der Waals surface area (Å²) in [5.41, 5.74) is 0.908. The number of nitrogens with zero attached hydrogens (tertiary/aromatic N) is 1. The standard InChI is InChI=1S/C14H20N2O4/c1-11(9-13(17)16(2)19-3)15-14(18)20-10-12-7-5-4-6-8-12/h4-8,11H,9-10H2,1-3H3,(H,15,18)/t11-/m1/s1. The van der Waals surface area contributed by atoms with Crippen LogP contribution in [0.3, 0.4) is 0 Å². The number of hydroxylamine groups is 2. The molecule has 1 rings (SSSR count). The Kier molecular flexibility index (Phi) is 6.52. The van der Waals surface area contributed by atoms with E-state index in [9.17, 15) is 9.59 Å². The van der Waals surface area contributed by atoms with Crippen LogP contribution in [0.15, 0.2) is 30.3 Å². The Bertz CT molecular complexity index is 436. The number of carbonyl (C=O) groups excluding carboxylic acids is 2. The Hall–Kier alpha value is -2.08. The van der Waals surface area contributed by atoms with Crippen molar-refractivity contribution in [3.8, 4) is 0 Å². The molecular formula is C14H20N2O4. The molecule has 0 aromatic heterocycles. The third-order valence-electron chi connectivity index (χ3n) is 2.68. The first kappa shape index (κ1) is 16.0. The molecule has 0 saturated heterocycles. The van der Waals surface area contributed by atoms with Crippen LogP contribution in [0.5, 0.6) is 0 Å². The molecule has 0 fully saturated rings. The molecule has 1 atom stereocenters. The van der Waals surface area contributed by atoms with Gasteiger partial charge in [0, 0.05) is 19.5 Å². The van der Waals surface area contributed by atoms with Gasteiger partial charge in [-0.2, -0.15) is 0 Å². The minimum atomic E-state index is -0.547. The highest BCUT2D eigenvalue weighted by Crippen LogP contribution is 2.02. The topological polar surface area (TPSA) is 67.9 Å². The van der Waals surface area contributed by atoms with E-state index in [1.54, 1.807) is 6.92 Å². The van der Waals surface area contributed by atoms with E-state index in [2.05, 4.69) is 5.32 Å². The maximum absolute atomic E-state index is 11.6. The van der Waals surface area contributed by atoms with Crippen molar-refractivity contribution in [1.82, 2.24) is 10.4 Å². The SMILES string of the molecule is CON(C)C(=O)C[C@@H](C)NC(=O)OCc1ccccc1. The monoisotopic (exact) mass is 280 g/mol. The number of amides is 2. The summed E-state index contributed by atoms with van der Waals surface area (Å²) >= 11 is 0. The van der Waals surface area contributed by atoms with Gasteiger partial charge in [-0.15, -0.1) is 0 Å². The lowest BCUT2D eigenvalue weighted by Crippen LogP contribution is -2.37. The van der Waals surface area contributed by atoms with Crippen LogP contribution >= 0.6 is 0 Å². The summed E-state index contributed by atoms with van der Waals surface area (Å²) in [6.45, 7) is 1.93. The van der Waals surface area contributed by atoms with Gasteiger partial charge in [0.05, 0.1) is 7.11 Å². The van der Waals surface area contributed by atoms with Crippen LogP contribution in [-0.2, 0) is 21.0 Å². The third-order valence-corrected chi connectivity index (χ3v) is 2.68. The molecule has 1 aromatic carbocycles. The molecule has 6 nitrogen and oxygen atoms in total. The molecule has 1 N–H and O–H groups in total. The Balaban J connectivity index is 2.29. The van der Waals surface area contributed by atoms with Crippen molar-refractivity contribution in [2.24, 2.45) is 0 Å². The summed E-state index contributed by atoms with van der Waals surface area (Å²) in [6, 6.07) is 9.05. The third kappa shape index (κ3) is 5.71. The van der Waals surface area contributed by atoms with Crippen LogP contribution in [-0.4, -0.2) is 37.3 Å². The van der Waals surface area contributed by atoms with Crippen LogP contribution in [0.2, 0.25) is 0 Å². The fourth-order valence-corrected chi connectivity index (χ4v) is 1.51. The minimum Gasteiger partial charge on any atom is -0.445 e. The Morgan fingerprint density at radius 2 is 1.95 bits per heavy atom. The van der Waals surface area contributed by atoms with Gasteiger partial charge in [-0.25, -0.2) is 9.86 Å². The first-order chi connectivity index (χ1) is 9.52. The number of carbonyl (C=O) groups is 2. The summed E-state index contributed by atoms with van der Waals surface area (Å²) in [5, 5.41) is 3.71. The molecule has 0 bridgehead atoms. The van der Waals surface area contributed by atoms with Gasteiger partial charge >= 0.3 is 6.09 Å². The highest BCUT2D eigenvalue weighted by atomic mass is 16.7. The first-order valence-corrected chi connectivity index (χ1v) is 6.30. The van der Waals surface area contributed by atoms with E-state index in [4.69, 9.17) is 9.57 Å². The number of hydrogen-bond acceptors (Lipinski definition) is 4. The second-order valence-electron chi connectivity index (χ2n) is 4.39. The molecule has 110 valence electrons. The zero-order valence-electron chi connectivity index (χ0n) is 12.0. The average Bonchev–Trinajstić information content (AvgIpc) is 2.45. The zero-order chi connectivity index (χ0) is 15.0. The van der Waals surface area contributed by atoms with Crippen LogP contribution < -0.4 is 5.32 Å².